The second-order valence-corrected chi connectivity index (χ2v) is 4.62. The number of nitro groups is 1. The number of hydrogen-bond donors (Lipinski definition) is 2. The van der Waals surface area contributed by atoms with Gasteiger partial charge in [-0.1, -0.05) is 0 Å². The SMILES string of the molecule is COC1(CNc2ccc([N+](=O)[O-])c(N)c2)CCC1. The van der Waals surface area contributed by atoms with Crippen molar-refractivity contribution in [1.29, 1.82) is 0 Å². The Morgan fingerprint density at radius 3 is 2.72 bits per heavy atom. The van der Waals surface area contributed by atoms with Crippen LogP contribution in [-0.2, 0) is 4.74 Å². The average Bonchev–Trinajstić information content (AvgIpc) is 2.27. The topological polar surface area (TPSA) is 90.4 Å². The van der Waals surface area contributed by atoms with Crippen LogP contribution in [0.2, 0.25) is 0 Å². The van der Waals surface area contributed by atoms with Crippen molar-refractivity contribution in [3.63, 3.8) is 0 Å². The Kier molecular flexibility index (Phi) is 3.38. The van der Waals surface area contributed by atoms with Gasteiger partial charge in [-0.05, 0) is 31.4 Å². The quantitative estimate of drug-likeness (QED) is 0.475. The van der Waals surface area contributed by atoms with Crippen LogP contribution in [0.25, 0.3) is 0 Å². The first-order valence-corrected chi connectivity index (χ1v) is 5.89. The molecule has 6 nitrogen and oxygen atoms in total. The molecule has 0 radical (unpaired) electrons. The molecule has 18 heavy (non-hydrogen) atoms. The number of nitrogens with two attached hydrogens (primary N) is 1. The molecule has 0 amide bonds. The van der Waals surface area contributed by atoms with Gasteiger partial charge in [-0.2, -0.15) is 0 Å². The van der Waals surface area contributed by atoms with Gasteiger partial charge in [-0.25, -0.2) is 0 Å². The first kappa shape index (κ1) is 12.6. The van der Waals surface area contributed by atoms with Crippen molar-refractivity contribution in [3.05, 3.63) is 28.3 Å². The van der Waals surface area contributed by atoms with Gasteiger partial charge in [0, 0.05) is 25.4 Å². The Hall–Kier alpha value is -1.82. The van der Waals surface area contributed by atoms with Crippen molar-refractivity contribution in [2.45, 2.75) is 24.9 Å². The molecule has 2 rings (SSSR count). The molecule has 0 unspecified atom stereocenters. The first-order chi connectivity index (χ1) is 8.56. The lowest BCUT2D eigenvalue weighted by Gasteiger charge is -2.40. The van der Waals surface area contributed by atoms with E-state index in [-0.39, 0.29) is 17.0 Å². The fourth-order valence-electron chi connectivity index (χ4n) is 2.12. The Balaban J connectivity index is 2.02. The largest absolute Gasteiger partial charge is 0.393 e. The molecule has 1 fully saturated rings. The van der Waals surface area contributed by atoms with E-state index in [1.165, 1.54) is 12.5 Å². The summed E-state index contributed by atoms with van der Waals surface area (Å²) in [4.78, 5) is 10.2. The standard InChI is InChI=1S/C12H17N3O3/c1-18-12(5-2-6-12)8-14-9-3-4-11(15(16)17)10(13)7-9/h3-4,7,14H,2,5-6,8,13H2,1H3. The van der Waals surface area contributed by atoms with Crippen LogP contribution in [0.5, 0.6) is 0 Å². The number of methoxy groups -OCH3 is 1. The van der Waals surface area contributed by atoms with Gasteiger partial charge in [0.2, 0.25) is 0 Å². The lowest BCUT2D eigenvalue weighted by Crippen LogP contribution is -2.45. The van der Waals surface area contributed by atoms with E-state index >= 15 is 0 Å². The van der Waals surface area contributed by atoms with Crippen molar-refractivity contribution in [2.24, 2.45) is 0 Å². The molecular weight excluding hydrogens is 234 g/mol. The van der Waals surface area contributed by atoms with Crippen LogP contribution in [0.3, 0.4) is 0 Å². The van der Waals surface area contributed by atoms with Crippen LogP contribution in [-0.4, -0.2) is 24.2 Å². The fraction of sp³-hybridized carbons (Fsp3) is 0.500. The minimum atomic E-state index is -0.484. The molecule has 0 bridgehead atoms. The van der Waals surface area contributed by atoms with E-state index in [1.54, 1.807) is 19.2 Å². The van der Waals surface area contributed by atoms with Crippen LogP contribution in [0.15, 0.2) is 18.2 Å². The first-order valence-electron chi connectivity index (χ1n) is 5.89. The molecule has 0 saturated heterocycles. The molecule has 0 aromatic heterocycles. The number of nitrogens with zero attached hydrogens (tertiary/aromatic N) is 1. The van der Waals surface area contributed by atoms with Crippen LogP contribution in [0, 0.1) is 10.1 Å². The monoisotopic (exact) mass is 251 g/mol. The molecule has 0 atom stereocenters. The second-order valence-electron chi connectivity index (χ2n) is 4.62. The van der Waals surface area contributed by atoms with Gasteiger partial charge in [0.1, 0.15) is 5.69 Å². The predicted octanol–water partition coefficient (Wildman–Crippen LogP) is 2.16. The van der Waals surface area contributed by atoms with E-state index in [2.05, 4.69) is 5.32 Å². The highest BCUT2D eigenvalue weighted by Gasteiger charge is 2.36. The van der Waals surface area contributed by atoms with Crippen molar-refractivity contribution in [2.75, 3.05) is 24.7 Å². The molecule has 0 heterocycles. The molecule has 6 heteroatoms. The minimum Gasteiger partial charge on any atom is -0.393 e. The van der Waals surface area contributed by atoms with Crippen LogP contribution < -0.4 is 11.1 Å². The second kappa shape index (κ2) is 4.81. The van der Waals surface area contributed by atoms with Gasteiger partial charge < -0.3 is 15.8 Å². The van der Waals surface area contributed by atoms with Gasteiger partial charge >= 0.3 is 0 Å². The molecular formula is C12H17N3O3. The minimum absolute atomic E-state index is 0.0642. The summed E-state index contributed by atoms with van der Waals surface area (Å²) in [6, 6.07) is 4.66. The molecule has 1 aliphatic carbocycles. The van der Waals surface area contributed by atoms with Crippen LogP contribution in [0.1, 0.15) is 19.3 Å². The number of nitrogen functional groups attached to an aromatic ring is 1. The van der Waals surface area contributed by atoms with E-state index in [0.717, 1.165) is 18.5 Å². The summed E-state index contributed by atoms with van der Waals surface area (Å²) in [6.45, 7) is 0.695. The maximum Gasteiger partial charge on any atom is 0.292 e. The fourth-order valence-corrected chi connectivity index (χ4v) is 2.12. The Bertz CT molecular complexity index is 452. The number of rotatable bonds is 5. The highest BCUT2D eigenvalue weighted by molar-refractivity contribution is 5.65. The molecule has 1 aromatic rings. The van der Waals surface area contributed by atoms with Gasteiger partial charge in [-0.3, -0.25) is 10.1 Å². The van der Waals surface area contributed by atoms with Crippen molar-refractivity contribution >= 4 is 17.1 Å². The third-order valence-electron chi connectivity index (χ3n) is 3.54. The number of nitrogens with one attached hydrogen (secondary N) is 1. The van der Waals surface area contributed by atoms with Crippen LogP contribution >= 0.6 is 0 Å². The number of anilines is 2. The Labute approximate surface area is 105 Å². The van der Waals surface area contributed by atoms with Crippen LogP contribution in [0.4, 0.5) is 17.1 Å². The van der Waals surface area contributed by atoms with Gasteiger partial charge in [-0.15, -0.1) is 0 Å². The summed E-state index contributed by atoms with van der Waals surface area (Å²) in [7, 11) is 1.71. The van der Waals surface area contributed by atoms with E-state index in [4.69, 9.17) is 10.5 Å². The Morgan fingerprint density at radius 2 is 2.28 bits per heavy atom. The molecule has 3 N–H and O–H groups in total. The van der Waals surface area contributed by atoms with Gasteiger partial charge in [0.05, 0.1) is 10.5 Å². The molecule has 0 aliphatic heterocycles. The lowest BCUT2D eigenvalue weighted by molar-refractivity contribution is -0.383. The number of benzene rings is 1. The zero-order valence-electron chi connectivity index (χ0n) is 10.3. The number of nitro benzene ring substituents is 1. The summed E-state index contributed by atoms with van der Waals surface area (Å²) in [5.41, 5.74) is 6.43. The van der Waals surface area contributed by atoms with Crippen molar-refractivity contribution in [1.82, 2.24) is 0 Å². The highest BCUT2D eigenvalue weighted by Crippen LogP contribution is 2.35. The molecule has 1 aliphatic rings. The van der Waals surface area contributed by atoms with Gasteiger partial charge in [0.25, 0.3) is 5.69 Å². The van der Waals surface area contributed by atoms with Crippen molar-refractivity contribution < 1.29 is 9.66 Å². The third-order valence-corrected chi connectivity index (χ3v) is 3.54. The number of ether oxygens (including phenoxy) is 1. The summed E-state index contributed by atoms with van der Waals surface area (Å²) >= 11 is 0. The van der Waals surface area contributed by atoms with E-state index in [0.29, 0.717) is 6.54 Å². The average molecular weight is 251 g/mol. The van der Waals surface area contributed by atoms with Gasteiger partial charge in [0.15, 0.2) is 0 Å². The summed E-state index contributed by atoms with van der Waals surface area (Å²) < 4.78 is 5.49. The maximum atomic E-state index is 10.6. The van der Waals surface area contributed by atoms with E-state index in [9.17, 15) is 10.1 Å². The smallest absolute Gasteiger partial charge is 0.292 e. The molecule has 98 valence electrons. The lowest BCUT2D eigenvalue weighted by atomic mass is 9.80. The molecule has 0 spiro atoms. The number of hydrogen-bond acceptors (Lipinski definition) is 5. The summed E-state index contributed by atoms with van der Waals surface area (Å²) in [5, 5.41) is 13.9. The van der Waals surface area contributed by atoms with E-state index in [1.807, 2.05) is 0 Å². The molecule has 1 saturated carbocycles. The summed E-state index contributed by atoms with van der Waals surface area (Å²) in [5.74, 6) is 0. The third kappa shape index (κ3) is 2.38. The summed E-state index contributed by atoms with van der Waals surface area (Å²) in [6.07, 6.45) is 3.26. The normalized spacial score (nSPS) is 16.9. The zero-order chi connectivity index (χ0) is 13.2. The maximum absolute atomic E-state index is 10.6. The Morgan fingerprint density at radius 1 is 1.56 bits per heavy atom. The van der Waals surface area contributed by atoms with Crippen molar-refractivity contribution in [3.8, 4) is 0 Å². The predicted molar refractivity (Wildman–Crippen MR) is 69.6 cm³/mol. The molecule has 1 aromatic carbocycles. The van der Waals surface area contributed by atoms with E-state index < -0.39 is 4.92 Å². The zero-order valence-corrected chi connectivity index (χ0v) is 10.3. The highest BCUT2D eigenvalue weighted by atomic mass is 16.6.